The molecule has 0 fully saturated rings. The minimum absolute atomic E-state index is 0.259. The molecule has 0 bridgehead atoms. The van der Waals surface area contributed by atoms with Crippen molar-refractivity contribution >= 4 is 18.1 Å². The average molecular weight is 340 g/mol. The first-order valence-corrected chi connectivity index (χ1v) is 7.80. The van der Waals surface area contributed by atoms with Crippen LogP contribution in [0.3, 0.4) is 0 Å². The second-order valence-electron chi connectivity index (χ2n) is 5.64. The Hall–Kier alpha value is -3.16. The lowest BCUT2D eigenvalue weighted by atomic mass is 10.2. The number of nitrogens with zero attached hydrogens (tertiary/aromatic N) is 6. The molecular formula is C17H20N6O2. The Morgan fingerprint density at radius 3 is 2.80 bits per heavy atom. The molecule has 0 N–H and O–H groups in total. The van der Waals surface area contributed by atoms with E-state index < -0.39 is 0 Å². The van der Waals surface area contributed by atoms with Crippen molar-refractivity contribution in [2.75, 3.05) is 21.2 Å². The summed E-state index contributed by atoms with van der Waals surface area (Å²) in [5, 5.41) is 4.39. The highest BCUT2D eigenvalue weighted by Crippen LogP contribution is 2.25. The molecule has 0 aliphatic carbocycles. The lowest BCUT2D eigenvalue weighted by molar-refractivity contribution is 0.218. The van der Waals surface area contributed by atoms with Crippen molar-refractivity contribution < 1.29 is 9.47 Å². The highest BCUT2D eigenvalue weighted by atomic mass is 16.5. The third kappa shape index (κ3) is 3.85. The van der Waals surface area contributed by atoms with Gasteiger partial charge in [0.25, 0.3) is 11.7 Å². The lowest BCUT2D eigenvalue weighted by Gasteiger charge is -2.15. The number of benzene rings is 1. The van der Waals surface area contributed by atoms with Crippen LogP contribution < -0.4 is 9.47 Å². The van der Waals surface area contributed by atoms with Crippen molar-refractivity contribution in [2.24, 2.45) is 4.99 Å². The van der Waals surface area contributed by atoms with Crippen LogP contribution in [0.2, 0.25) is 0 Å². The van der Waals surface area contributed by atoms with Crippen LogP contribution in [0.1, 0.15) is 18.7 Å². The first-order chi connectivity index (χ1) is 12.1. The first kappa shape index (κ1) is 16.7. The third-order valence-corrected chi connectivity index (χ3v) is 3.43. The molecule has 8 nitrogen and oxygen atoms in total. The highest BCUT2D eigenvalue weighted by molar-refractivity contribution is 5.58. The van der Waals surface area contributed by atoms with Gasteiger partial charge in [0, 0.05) is 26.4 Å². The van der Waals surface area contributed by atoms with Gasteiger partial charge in [0.2, 0.25) is 0 Å². The number of rotatable bonds is 6. The van der Waals surface area contributed by atoms with Crippen LogP contribution in [0.4, 0.5) is 5.95 Å². The topological polar surface area (TPSA) is 77.1 Å². The van der Waals surface area contributed by atoms with Crippen LogP contribution in [-0.4, -0.2) is 52.0 Å². The smallest absolute Gasteiger partial charge is 0.272 e. The van der Waals surface area contributed by atoms with Crippen molar-refractivity contribution in [3.63, 3.8) is 0 Å². The summed E-state index contributed by atoms with van der Waals surface area (Å²) in [6, 6.07) is 9.32. The number of hydrogen-bond acceptors (Lipinski definition) is 6. The summed E-state index contributed by atoms with van der Waals surface area (Å²) < 4.78 is 12.9. The van der Waals surface area contributed by atoms with E-state index in [2.05, 4.69) is 20.1 Å². The minimum Gasteiger partial charge on any atom is -0.497 e. The van der Waals surface area contributed by atoms with E-state index in [1.165, 1.54) is 0 Å². The molecule has 0 spiro atoms. The lowest BCUT2D eigenvalue weighted by Crippen LogP contribution is -2.10. The molecule has 1 aromatic carbocycles. The van der Waals surface area contributed by atoms with E-state index in [4.69, 9.17) is 9.47 Å². The summed E-state index contributed by atoms with van der Waals surface area (Å²) in [6.45, 7) is 1.94. The van der Waals surface area contributed by atoms with Gasteiger partial charge in [-0.15, -0.1) is 5.10 Å². The van der Waals surface area contributed by atoms with Crippen LogP contribution in [0.25, 0.3) is 5.78 Å². The van der Waals surface area contributed by atoms with Crippen molar-refractivity contribution in [1.82, 2.24) is 24.5 Å². The fourth-order valence-electron chi connectivity index (χ4n) is 2.27. The second-order valence-corrected chi connectivity index (χ2v) is 5.64. The van der Waals surface area contributed by atoms with Gasteiger partial charge in [-0.2, -0.15) is 9.50 Å². The maximum absolute atomic E-state index is 6.02. The Bertz CT molecular complexity index is 890. The average Bonchev–Trinajstić information content (AvgIpc) is 3.03. The molecule has 3 aromatic rings. The molecule has 1 unspecified atom stereocenters. The largest absolute Gasteiger partial charge is 0.497 e. The fourth-order valence-corrected chi connectivity index (χ4v) is 2.27. The van der Waals surface area contributed by atoms with E-state index >= 15 is 0 Å². The van der Waals surface area contributed by atoms with E-state index in [0.717, 1.165) is 11.4 Å². The van der Waals surface area contributed by atoms with Crippen LogP contribution >= 0.6 is 0 Å². The van der Waals surface area contributed by atoms with Crippen molar-refractivity contribution in [2.45, 2.75) is 13.0 Å². The Labute approximate surface area is 145 Å². The van der Waals surface area contributed by atoms with E-state index in [1.54, 1.807) is 24.2 Å². The van der Waals surface area contributed by atoms with E-state index in [1.807, 2.05) is 56.3 Å². The van der Waals surface area contributed by atoms with Gasteiger partial charge >= 0.3 is 0 Å². The van der Waals surface area contributed by atoms with Crippen LogP contribution in [-0.2, 0) is 0 Å². The zero-order chi connectivity index (χ0) is 17.8. The number of aliphatic imine (C=N–C) groups is 1. The molecule has 3 rings (SSSR count). The SMILES string of the molecule is COc1cccc(OC(C)c2ccnc3nc(N=CN(C)C)nn23)c1. The summed E-state index contributed by atoms with van der Waals surface area (Å²) >= 11 is 0. The predicted octanol–water partition coefficient (Wildman–Crippen LogP) is 2.49. The summed E-state index contributed by atoms with van der Waals surface area (Å²) in [5.74, 6) is 2.28. The Kier molecular flexibility index (Phi) is 4.78. The quantitative estimate of drug-likeness (QED) is 0.507. The predicted molar refractivity (Wildman–Crippen MR) is 94.7 cm³/mol. The second kappa shape index (κ2) is 7.16. The molecule has 0 aliphatic heterocycles. The molecule has 25 heavy (non-hydrogen) atoms. The summed E-state index contributed by atoms with van der Waals surface area (Å²) in [6.07, 6.45) is 3.07. The molecule has 0 saturated heterocycles. The molecule has 2 heterocycles. The zero-order valence-corrected chi connectivity index (χ0v) is 14.6. The van der Waals surface area contributed by atoms with Gasteiger partial charge in [-0.25, -0.2) is 9.98 Å². The van der Waals surface area contributed by atoms with Gasteiger partial charge in [0.15, 0.2) is 0 Å². The van der Waals surface area contributed by atoms with Gasteiger partial charge in [-0.05, 0) is 25.1 Å². The van der Waals surface area contributed by atoms with Crippen molar-refractivity contribution in [3.05, 3.63) is 42.2 Å². The Morgan fingerprint density at radius 2 is 2.04 bits per heavy atom. The van der Waals surface area contributed by atoms with E-state index in [-0.39, 0.29) is 6.10 Å². The summed E-state index contributed by atoms with van der Waals surface area (Å²) in [5.41, 5.74) is 0.826. The van der Waals surface area contributed by atoms with Crippen molar-refractivity contribution in [1.29, 1.82) is 0 Å². The number of fused-ring (bicyclic) bond motifs is 1. The highest BCUT2D eigenvalue weighted by Gasteiger charge is 2.15. The van der Waals surface area contributed by atoms with E-state index in [9.17, 15) is 0 Å². The summed E-state index contributed by atoms with van der Waals surface area (Å²) in [4.78, 5) is 14.6. The van der Waals surface area contributed by atoms with Gasteiger partial charge in [-0.3, -0.25) is 0 Å². The molecule has 1 atom stereocenters. The number of ether oxygens (including phenoxy) is 2. The van der Waals surface area contributed by atoms with Crippen LogP contribution in [0, 0.1) is 0 Å². The van der Waals surface area contributed by atoms with Gasteiger partial charge in [0.05, 0.1) is 19.1 Å². The van der Waals surface area contributed by atoms with Crippen LogP contribution in [0.15, 0.2) is 41.5 Å². The monoisotopic (exact) mass is 340 g/mol. The Morgan fingerprint density at radius 1 is 1.24 bits per heavy atom. The third-order valence-electron chi connectivity index (χ3n) is 3.43. The standard InChI is InChI=1S/C17H20N6O2/c1-12(25-14-7-5-6-13(10-14)24-4)15-8-9-18-17-20-16(21-23(15)17)19-11-22(2)3/h5-12H,1-4H3. The molecule has 0 aliphatic rings. The van der Waals surface area contributed by atoms with E-state index in [0.29, 0.717) is 17.5 Å². The van der Waals surface area contributed by atoms with Gasteiger partial charge in [-0.1, -0.05) is 6.07 Å². The zero-order valence-electron chi connectivity index (χ0n) is 14.6. The summed E-state index contributed by atoms with van der Waals surface area (Å²) in [7, 11) is 5.39. The maximum atomic E-state index is 6.02. The number of methoxy groups -OCH3 is 1. The first-order valence-electron chi connectivity index (χ1n) is 7.80. The molecule has 2 aromatic heterocycles. The molecule has 0 radical (unpaired) electrons. The number of hydrogen-bond donors (Lipinski definition) is 0. The molecule has 0 amide bonds. The fraction of sp³-hybridized carbons (Fsp3) is 0.294. The minimum atomic E-state index is -0.259. The molecule has 130 valence electrons. The van der Waals surface area contributed by atoms with Gasteiger partial charge < -0.3 is 14.4 Å². The molecule has 8 heteroatoms. The normalized spacial score (nSPS) is 12.5. The van der Waals surface area contributed by atoms with Gasteiger partial charge in [0.1, 0.15) is 17.6 Å². The van der Waals surface area contributed by atoms with Crippen molar-refractivity contribution in [3.8, 4) is 11.5 Å². The molecular weight excluding hydrogens is 320 g/mol. The number of aromatic nitrogens is 4. The maximum Gasteiger partial charge on any atom is 0.272 e. The van der Waals surface area contributed by atoms with Crippen LogP contribution in [0.5, 0.6) is 11.5 Å². The molecule has 0 saturated carbocycles. The Balaban J connectivity index is 1.89.